The van der Waals surface area contributed by atoms with Gasteiger partial charge in [-0.05, 0) is 19.3 Å². The maximum Gasteiger partial charge on any atom is 0.147 e. The van der Waals surface area contributed by atoms with Gasteiger partial charge >= 0.3 is 0 Å². The van der Waals surface area contributed by atoms with Crippen LogP contribution in [0.3, 0.4) is 0 Å². The highest BCUT2D eigenvalue weighted by molar-refractivity contribution is 5.03. The van der Waals surface area contributed by atoms with E-state index in [1.165, 1.54) is 5.57 Å². The quantitative estimate of drug-likeness (QED) is 0.474. The van der Waals surface area contributed by atoms with Gasteiger partial charge in [0.15, 0.2) is 0 Å². The van der Waals surface area contributed by atoms with Gasteiger partial charge in [0, 0.05) is 0 Å². The zero-order valence-electron chi connectivity index (χ0n) is 6.01. The van der Waals surface area contributed by atoms with Crippen molar-refractivity contribution in [3.8, 4) is 0 Å². The number of fused-ring (bicyclic) bond motifs is 1. The highest BCUT2D eigenvalue weighted by Crippen LogP contribution is 2.30. The first kappa shape index (κ1) is 6.38. The molecule has 1 saturated carbocycles. The van der Waals surface area contributed by atoms with Crippen molar-refractivity contribution in [1.29, 1.82) is 0 Å². The van der Waals surface area contributed by atoms with Crippen molar-refractivity contribution in [3.63, 3.8) is 0 Å². The summed E-state index contributed by atoms with van der Waals surface area (Å²) in [6.07, 6.45) is 3.91. The molecule has 0 amide bonds. The monoisotopic (exact) mass is 140 g/mol. The minimum absolute atomic E-state index is 0.321. The van der Waals surface area contributed by atoms with E-state index in [0.29, 0.717) is 19.0 Å². The highest BCUT2D eigenvalue weighted by atomic mass is 16.7. The molecule has 2 unspecified atom stereocenters. The molecular weight excluding hydrogens is 128 g/mol. The molecule has 56 valence electrons. The van der Waals surface area contributed by atoms with Gasteiger partial charge in [-0.25, -0.2) is 0 Å². The molecular formula is C8H12O2. The van der Waals surface area contributed by atoms with Crippen LogP contribution in [0.2, 0.25) is 0 Å². The summed E-state index contributed by atoms with van der Waals surface area (Å²) in [5, 5.41) is 0. The van der Waals surface area contributed by atoms with Gasteiger partial charge in [0.1, 0.15) is 6.79 Å². The molecule has 1 aliphatic carbocycles. The van der Waals surface area contributed by atoms with Crippen LogP contribution < -0.4 is 0 Å². The van der Waals surface area contributed by atoms with Gasteiger partial charge in [0.2, 0.25) is 0 Å². The predicted molar refractivity (Wildman–Crippen MR) is 37.6 cm³/mol. The molecule has 2 aliphatic rings. The maximum absolute atomic E-state index is 5.34. The summed E-state index contributed by atoms with van der Waals surface area (Å²) < 4.78 is 10.7. The van der Waals surface area contributed by atoms with Crippen LogP contribution in [0.15, 0.2) is 12.2 Å². The molecule has 0 N–H and O–H groups in total. The summed E-state index contributed by atoms with van der Waals surface area (Å²) >= 11 is 0. The SMILES string of the molecule is C=C1CCC2OCOC2C1. The lowest BCUT2D eigenvalue weighted by Gasteiger charge is -2.23. The van der Waals surface area contributed by atoms with Crippen LogP contribution in [0.4, 0.5) is 0 Å². The maximum atomic E-state index is 5.34. The fourth-order valence-corrected chi connectivity index (χ4v) is 1.62. The fraction of sp³-hybridized carbons (Fsp3) is 0.750. The summed E-state index contributed by atoms with van der Waals surface area (Å²) in [5.74, 6) is 0. The second-order valence-electron chi connectivity index (χ2n) is 3.02. The molecule has 0 spiro atoms. The molecule has 0 bridgehead atoms. The first-order chi connectivity index (χ1) is 4.86. The Morgan fingerprint density at radius 2 is 2.10 bits per heavy atom. The molecule has 2 fully saturated rings. The summed E-state index contributed by atoms with van der Waals surface area (Å²) in [4.78, 5) is 0. The lowest BCUT2D eigenvalue weighted by molar-refractivity contribution is 0.0398. The van der Waals surface area contributed by atoms with Crippen LogP contribution in [0.5, 0.6) is 0 Å². The van der Waals surface area contributed by atoms with Crippen LogP contribution in [0.1, 0.15) is 19.3 Å². The van der Waals surface area contributed by atoms with Crippen LogP contribution >= 0.6 is 0 Å². The number of hydrogen-bond acceptors (Lipinski definition) is 2. The number of rotatable bonds is 0. The standard InChI is InChI=1S/C8H12O2/c1-6-2-3-7-8(4-6)10-5-9-7/h7-8H,1-5H2. The van der Waals surface area contributed by atoms with E-state index in [1.54, 1.807) is 0 Å². The van der Waals surface area contributed by atoms with Gasteiger partial charge in [0.05, 0.1) is 12.2 Å². The third-order valence-electron chi connectivity index (χ3n) is 2.25. The molecule has 2 nitrogen and oxygen atoms in total. The molecule has 0 radical (unpaired) electrons. The van der Waals surface area contributed by atoms with Gasteiger partial charge in [-0.2, -0.15) is 0 Å². The van der Waals surface area contributed by atoms with E-state index in [-0.39, 0.29) is 0 Å². The van der Waals surface area contributed by atoms with Gasteiger partial charge in [-0.3, -0.25) is 0 Å². The molecule has 0 aromatic rings. The number of ether oxygens (including phenoxy) is 2. The van der Waals surface area contributed by atoms with Gasteiger partial charge in [-0.1, -0.05) is 12.2 Å². The Labute approximate surface area is 60.8 Å². The average molecular weight is 140 g/mol. The Kier molecular flexibility index (Phi) is 1.51. The van der Waals surface area contributed by atoms with Crippen LogP contribution in [0, 0.1) is 0 Å². The zero-order valence-corrected chi connectivity index (χ0v) is 6.01. The third kappa shape index (κ3) is 0.976. The first-order valence-electron chi connectivity index (χ1n) is 3.76. The van der Waals surface area contributed by atoms with E-state index in [9.17, 15) is 0 Å². The largest absolute Gasteiger partial charge is 0.349 e. The Morgan fingerprint density at radius 1 is 1.30 bits per heavy atom. The van der Waals surface area contributed by atoms with E-state index in [2.05, 4.69) is 6.58 Å². The van der Waals surface area contributed by atoms with Crippen molar-refractivity contribution >= 4 is 0 Å². The van der Waals surface area contributed by atoms with E-state index in [0.717, 1.165) is 19.3 Å². The smallest absolute Gasteiger partial charge is 0.147 e. The highest BCUT2D eigenvalue weighted by Gasteiger charge is 2.32. The molecule has 2 atom stereocenters. The van der Waals surface area contributed by atoms with Crippen molar-refractivity contribution < 1.29 is 9.47 Å². The Bertz CT molecular complexity index is 153. The summed E-state index contributed by atoms with van der Waals surface area (Å²) in [6, 6.07) is 0. The normalized spacial score (nSPS) is 39.8. The molecule has 1 aliphatic heterocycles. The molecule has 0 aromatic heterocycles. The summed E-state index contributed by atoms with van der Waals surface area (Å²) in [5.41, 5.74) is 1.31. The van der Waals surface area contributed by atoms with Gasteiger partial charge in [-0.15, -0.1) is 0 Å². The molecule has 0 aromatic carbocycles. The van der Waals surface area contributed by atoms with Crippen molar-refractivity contribution in [1.82, 2.24) is 0 Å². The lowest BCUT2D eigenvalue weighted by atomic mass is 9.91. The molecule has 2 rings (SSSR count). The van der Waals surface area contributed by atoms with Crippen molar-refractivity contribution in [2.24, 2.45) is 0 Å². The molecule has 1 heterocycles. The van der Waals surface area contributed by atoms with Gasteiger partial charge in [0.25, 0.3) is 0 Å². The van der Waals surface area contributed by atoms with E-state index in [4.69, 9.17) is 9.47 Å². The predicted octanol–water partition coefficient (Wildman–Crippen LogP) is 1.47. The zero-order chi connectivity index (χ0) is 6.97. The minimum Gasteiger partial charge on any atom is -0.349 e. The Hall–Kier alpha value is -0.340. The molecule has 2 heteroatoms. The second kappa shape index (κ2) is 2.36. The Morgan fingerprint density at radius 3 is 3.00 bits per heavy atom. The second-order valence-corrected chi connectivity index (χ2v) is 3.02. The van der Waals surface area contributed by atoms with E-state index < -0.39 is 0 Å². The van der Waals surface area contributed by atoms with E-state index >= 15 is 0 Å². The van der Waals surface area contributed by atoms with Crippen molar-refractivity contribution in [3.05, 3.63) is 12.2 Å². The minimum atomic E-state index is 0.321. The fourth-order valence-electron chi connectivity index (χ4n) is 1.62. The van der Waals surface area contributed by atoms with Crippen LogP contribution in [-0.4, -0.2) is 19.0 Å². The van der Waals surface area contributed by atoms with Crippen molar-refractivity contribution in [2.45, 2.75) is 31.5 Å². The topological polar surface area (TPSA) is 18.5 Å². The third-order valence-corrected chi connectivity index (χ3v) is 2.25. The Balaban J connectivity index is 2.03. The first-order valence-corrected chi connectivity index (χ1v) is 3.76. The summed E-state index contributed by atoms with van der Waals surface area (Å²) in [6.45, 7) is 4.43. The van der Waals surface area contributed by atoms with E-state index in [1.807, 2.05) is 0 Å². The van der Waals surface area contributed by atoms with Crippen molar-refractivity contribution in [2.75, 3.05) is 6.79 Å². The summed E-state index contributed by atoms with van der Waals surface area (Å²) in [7, 11) is 0. The van der Waals surface area contributed by atoms with Crippen LogP contribution in [-0.2, 0) is 9.47 Å². The average Bonchev–Trinajstić information content (AvgIpc) is 2.33. The molecule has 10 heavy (non-hydrogen) atoms. The lowest BCUT2D eigenvalue weighted by Crippen LogP contribution is -2.27. The van der Waals surface area contributed by atoms with Crippen LogP contribution in [0.25, 0.3) is 0 Å². The number of hydrogen-bond donors (Lipinski definition) is 0. The molecule has 1 saturated heterocycles. The van der Waals surface area contributed by atoms with Gasteiger partial charge < -0.3 is 9.47 Å².